The van der Waals surface area contributed by atoms with Gasteiger partial charge in [-0.2, -0.15) is 0 Å². The lowest BCUT2D eigenvalue weighted by molar-refractivity contribution is 0.277. The minimum absolute atomic E-state index is 0.188. The molecule has 3 rings (SSSR count). The van der Waals surface area contributed by atoms with Gasteiger partial charge in [-0.1, -0.05) is 43.3 Å². The smallest absolute Gasteiger partial charge is 0.123 e. The van der Waals surface area contributed by atoms with E-state index in [1.54, 1.807) is 0 Å². The number of nitrogens with two attached hydrogens (primary N) is 1. The van der Waals surface area contributed by atoms with Crippen LogP contribution in [0.25, 0.3) is 11.1 Å². The zero-order valence-electron chi connectivity index (χ0n) is 13.8. The Bertz CT molecular complexity index is 609. The van der Waals surface area contributed by atoms with Gasteiger partial charge in [0.15, 0.2) is 0 Å². The zero-order chi connectivity index (χ0) is 16.2. The Morgan fingerprint density at radius 1 is 0.913 bits per heavy atom. The first kappa shape index (κ1) is 16.2. The number of hydrogen-bond donors (Lipinski definition) is 1. The summed E-state index contributed by atoms with van der Waals surface area (Å²) < 4.78 is 13.0. The first-order valence-corrected chi connectivity index (χ1v) is 8.79. The van der Waals surface area contributed by atoms with E-state index < -0.39 is 0 Å². The molecule has 23 heavy (non-hydrogen) atoms. The summed E-state index contributed by atoms with van der Waals surface area (Å²) in [6.07, 6.45) is 6.07. The van der Waals surface area contributed by atoms with Crippen molar-refractivity contribution in [1.29, 1.82) is 0 Å². The fourth-order valence-electron chi connectivity index (χ4n) is 3.80. The molecule has 1 atom stereocenters. The third-order valence-electron chi connectivity index (χ3n) is 5.41. The third kappa shape index (κ3) is 3.81. The lowest BCUT2D eigenvalue weighted by Gasteiger charge is -2.32. The highest BCUT2D eigenvalue weighted by atomic mass is 19.1. The Hall–Kier alpha value is -1.67. The molecule has 1 aliphatic carbocycles. The summed E-state index contributed by atoms with van der Waals surface area (Å²) in [5.41, 5.74) is 9.84. The van der Waals surface area contributed by atoms with Gasteiger partial charge in [-0.25, -0.2) is 4.39 Å². The van der Waals surface area contributed by atoms with E-state index in [0.717, 1.165) is 17.5 Å². The molecule has 1 nitrogen and oxygen atoms in total. The van der Waals surface area contributed by atoms with Gasteiger partial charge in [0.1, 0.15) is 5.82 Å². The van der Waals surface area contributed by atoms with Gasteiger partial charge in [0.05, 0.1) is 0 Å². The molecule has 0 aliphatic heterocycles. The molecule has 2 heteroatoms. The Morgan fingerprint density at radius 3 is 1.96 bits per heavy atom. The predicted octanol–water partition coefficient (Wildman–Crippen LogP) is 5.50. The molecule has 2 N–H and O–H groups in total. The van der Waals surface area contributed by atoms with Gasteiger partial charge >= 0.3 is 0 Å². The number of rotatable bonds is 4. The average molecular weight is 311 g/mol. The second-order valence-corrected chi connectivity index (χ2v) is 6.81. The van der Waals surface area contributed by atoms with Crippen molar-refractivity contribution in [3.8, 4) is 11.1 Å². The van der Waals surface area contributed by atoms with Crippen molar-refractivity contribution in [3.63, 3.8) is 0 Å². The van der Waals surface area contributed by atoms with Crippen molar-refractivity contribution in [3.05, 3.63) is 59.9 Å². The number of hydrogen-bond acceptors (Lipinski definition) is 1. The first-order chi connectivity index (χ1) is 11.2. The number of benzene rings is 2. The molecule has 0 saturated heterocycles. The van der Waals surface area contributed by atoms with E-state index in [4.69, 9.17) is 5.73 Å². The van der Waals surface area contributed by atoms with Crippen LogP contribution in [-0.4, -0.2) is 6.04 Å². The standard InChI is InChI=1S/C21H26FN/c1-2-21(23)19-9-7-17(8-10-19)15-3-5-16(6-4-15)18-11-13-20(22)14-12-18/h3-6,11-14,17,19,21H,2,7-10,23H2,1H3. The fourth-order valence-corrected chi connectivity index (χ4v) is 3.80. The second-order valence-electron chi connectivity index (χ2n) is 6.81. The summed E-state index contributed by atoms with van der Waals surface area (Å²) in [6.45, 7) is 2.19. The molecule has 2 aromatic carbocycles. The van der Waals surface area contributed by atoms with Gasteiger partial charge in [-0.05, 0) is 72.8 Å². The minimum Gasteiger partial charge on any atom is -0.327 e. The van der Waals surface area contributed by atoms with E-state index in [0.29, 0.717) is 17.9 Å². The molecule has 2 aromatic rings. The van der Waals surface area contributed by atoms with Crippen molar-refractivity contribution in [2.24, 2.45) is 11.7 Å². The highest BCUT2D eigenvalue weighted by molar-refractivity contribution is 5.63. The zero-order valence-corrected chi connectivity index (χ0v) is 13.8. The highest BCUT2D eigenvalue weighted by Crippen LogP contribution is 2.37. The molecular weight excluding hydrogens is 285 g/mol. The molecule has 0 spiro atoms. The summed E-state index contributed by atoms with van der Waals surface area (Å²) in [6, 6.07) is 15.9. The van der Waals surface area contributed by atoms with Crippen molar-refractivity contribution < 1.29 is 4.39 Å². The second kappa shape index (κ2) is 7.27. The molecule has 122 valence electrons. The van der Waals surface area contributed by atoms with Gasteiger partial charge in [-0.3, -0.25) is 0 Å². The Kier molecular flexibility index (Phi) is 5.12. The Balaban J connectivity index is 1.65. The molecule has 1 unspecified atom stereocenters. The van der Waals surface area contributed by atoms with Crippen LogP contribution >= 0.6 is 0 Å². The van der Waals surface area contributed by atoms with Crippen LogP contribution in [0.4, 0.5) is 4.39 Å². The molecule has 1 saturated carbocycles. The molecule has 1 fully saturated rings. The van der Waals surface area contributed by atoms with Gasteiger partial charge in [0.25, 0.3) is 0 Å². The monoisotopic (exact) mass is 311 g/mol. The highest BCUT2D eigenvalue weighted by Gasteiger charge is 2.25. The fraction of sp³-hybridized carbons (Fsp3) is 0.429. The van der Waals surface area contributed by atoms with Crippen LogP contribution in [0.15, 0.2) is 48.5 Å². The molecule has 0 amide bonds. The minimum atomic E-state index is -0.188. The summed E-state index contributed by atoms with van der Waals surface area (Å²) in [5, 5.41) is 0. The summed E-state index contributed by atoms with van der Waals surface area (Å²) >= 11 is 0. The molecule has 0 bridgehead atoms. The summed E-state index contributed by atoms with van der Waals surface area (Å²) in [4.78, 5) is 0. The van der Waals surface area contributed by atoms with Crippen LogP contribution in [0.3, 0.4) is 0 Å². The van der Waals surface area contributed by atoms with Gasteiger partial charge in [-0.15, -0.1) is 0 Å². The van der Waals surface area contributed by atoms with Crippen LogP contribution in [0, 0.1) is 11.7 Å². The predicted molar refractivity (Wildman–Crippen MR) is 94.8 cm³/mol. The van der Waals surface area contributed by atoms with Crippen LogP contribution in [0.2, 0.25) is 0 Å². The SMILES string of the molecule is CCC(N)C1CCC(c2ccc(-c3ccc(F)cc3)cc2)CC1. The van der Waals surface area contributed by atoms with Crippen molar-refractivity contribution >= 4 is 0 Å². The molecule has 0 heterocycles. The molecule has 0 aromatic heterocycles. The molecular formula is C21H26FN. The van der Waals surface area contributed by atoms with E-state index in [9.17, 15) is 4.39 Å². The normalized spacial score (nSPS) is 22.7. The first-order valence-electron chi connectivity index (χ1n) is 8.79. The van der Waals surface area contributed by atoms with E-state index in [-0.39, 0.29) is 5.82 Å². The van der Waals surface area contributed by atoms with Crippen LogP contribution in [0.1, 0.15) is 50.5 Å². The van der Waals surface area contributed by atoms with Gasteiger partial charge < -0.3 is 5.73 Å². The van der Waals surface area contributed by atoms with Crippen molar-refractivity contribution in [2.45, 2.75) is 51.0 Å². The Labute approximate surface area is 138 Å². The summed E-state index contributed by atoms with van der Waals surface area (Å²) in [7, 11) is 0. The van der Waals surface area contributed by atoms with Crippen molar-refractivity contribution in [2.75, 3.05) is 0 Å². The Morgan fingerprint density at radius 2 is 1.43 bits per heavy atom. The van der Waals surface area contributed by atoms with E-state index in [2.05, 4.69) is 31.2 Å². The average Bonchev–Trinajstić information content (AvgIpc) is 2.62. The van der Waals surface area contributed by atoms with E-state index >= 15 is 0 Å². The quantitative estimate of drug-likeness (QED) is 0.792. The number of halogens is 1. The van der Waals surface area contributed by atoms with Gasteiger partial charge in [0, 0.05) is 6.04 Å². The lowest BCUT2D eigenvalue weighted by atomic mass is 9.75. The topological polar surface area (TPSA) is 26.0 Å². The summed E-state index contributed by atoms with van der Waals surface area (Å²) in [5.74, 6) is 1.18. The van der Waals surface area contributed by atoms with E-state index in [1.165, 1.54) is 43.4 Å². The van der Waals surface area contributed by atoms with Crippen LogP contribution in [0.5, 0.6) is 0 Å². The molecule has 1 aliphatic rings. The maximum Gasteiger partial charge on any atom is 0.123 e. The van der Waals surface area contributed by atoms with Gasteiger partial charge in [0.2, 0.25) is 0 Å². The van der Waals surface area contributed by atoms with Crippen LogP contribution < -0.4 is 5.73 Å². The van der Waals surface area contributed by atoms with E-state index in [1.807, 2.05) is 12.1 Å². The maximum absolute atomic E-state index is 13.0. The lowest BCUT2D eigenvalue weighted by Crippen LogP contribution is -2.32. The third-order valence-corrected chi connectivity index (χ3v) is 5.41. The van der Waals surface area contributed by atoms with Crippen molar-refractivity contribution in [1.82, 2.24) is 0 Å². The maximum atomic E-state index is 13.0. The van der Waals surface area contributed by atoms with Crippen LogP contribution in [-0.2, 0) is 0 Å². The molecule has 0 radical (unpaired) electrons. The largest absolute Gasteiger partial charge is 0.327 e.